The number of benzene rings is 1. The van der Waals surface area contributed by atoms with Gasteiger partial charge in [-0.3, -0.25) is 10.6 Å². The number of nitrogens with two attached hydrogens (primary N) is 1. The van der Waals surface area contributed by atoms with E-state index >= 15 is 0 Å². The van der Waals surface area contributed by atoms with Crippen molar-refractivity contribution in [3.8, 4) is 0 Å². The van der Waals surface area contributed by atoms with Crippen LogP contribution in [0.3, 0.4) is 0 Å². The van der Waals surface area contributed by atoms with Gasteiger partial charge in [-0.2, -0.15) is 13.2 Å². The molecule has 0 atom stereocenters. The molecule has 4 N–H and O–H groups in total. The van der Waals surface area contributed by atoms with Crippen LogP contribution < -0.4 is 16.6 Å². The normalized spacial score (nSPS) is 11.6. The minimum atomic E-state index is -4.58. The number of anilines is 1. The molecule has 0 heterocycles. The molecule has 0 aliphatic carbocycles. The number of hydrogen-bond acceptors (Lipinski definition) is 3. The van der Waals surface area contributed by atoms with Crippen molar-refractivity contribution in [3.63, 3.8) is 0 Å². The van der Waals surface area contributed by atoms with Gasteiger partial charge < -0.3 is 10.7 Å². The molecule has 4 nitrogen and oxygen atoms in total. The van der Waals surface area contributed by atoms with Crippen LogP contribution in [0.5, 0.6) is 0 Å². The van der Waals surface area contributed by atoms with Crippen LogP contribution in [-0.2, 0) is 6.18 Å². The minimum Gasteiger partial charge on any atom is -0.352 e. The van der Waals surface area contributed by atoms with E-state index in [0.717, 1.165) is 18.9 Å². The molecule has 0 radical (unpaired) electrons. The molecule has 21 heavy (non-hydrogen) atoms. The van der Waals surface area contributed by atoms with Gasteiger partial charge in [-0.1, -0.05) is 32.8 Å². The molecule has 0 unspecified atom stereocenters. The van der Waals surface area contributed by atoms with E-state index in [9.17, 15) is 18.0 Å². The van der Waals surface area contributed by atoms with Crippen molar-refractivity contribution >= 4 is 11.6 Å². The fourth-order valence-electron chi connectivity index (χ4n) is 2.04. The third-order valence-corrected chi connectivity index (χ3v) is 3.46. The Morgan fingerprint density at radius 1 is 1.29 bits per heavy atom. The van der Waals surface area contributed by atoms with Gasteiger partial charge in [0.25, 0.3) is 5.91 Å². The number of carbonyl (C=O) groups is 1. The van der Waals surface area contributed by atoms with Crippen molar-refractivity contribution in [1.82, 2.24) is 5.32 Å². The summed E-state index contributed by atoms with van der Waals surface area (Å²) >= 11 is 0. The van der Waals surface area contributed by atoms with Crippen molar-refractivity contribution in [2.24, 2.45) is 11.8 Å². The SMILES string of the molecule is CCC(CC)CNC(=O)c1cccc(C(F)(F)F)c1NN. The van der Waals surface area contributed by atoms with Crippen LogP contribution in [0.2, 0.25) is 0 Å². The van der Waals surface area contributed by atoms with Gasteiger partial charge in [0.1, 0.15) is 0 Å². The molecule has 0 aliphatic rings. The van der Waals surface area contributed by atoms with Crippen molar-refractivity contribution in [2.75, 3.05) is 12.0 Å². The number of halogens is 3. The third-order valence-electron chi connectivity index (χ3n) is 3.46. The summed E-state index contributed by atoms with van der Waals surface area (Å²) in [5, 5.41) is 2.65. The largest absolute Gasteiger partial charge is 0.418 e. The van der Waals surface area contributed by atoms with Gasteiger partial charge >= 0.3 is 6.18 Å². The van der Waals surface area contributed by atoms with E-state index in [0.29, 0.717) is 12.5 Å². The molecule has 7 heteroatoms. The van der Waals surface area contributed by atoms with Crippen LogP contribution in [0.1, 0.15) is 42.6 Å². The van der Waals surface area contributed by atoms with Gasteiger partial charge in [0.2, 0.25) is 0 Å². The summed E-state index contributed by atoms with van der Waals surface area (Å²) in [4.78, 5) is 12.1. The Bertz CT molecular complexity index is 485. The number of carbonyl (C=O) groups excluding carboxylic acids is 1. The average Bonchev–Trinajstić information content (AvgIpc) is 2.46. The highest BCUT2D eigenvalue weighted by Crippen LogP contribution is 2.36. The highest BCUT2D eigenvalue weighted by Gasteiger charge is 2.35. The number of nitrogen functional groups attached to an aromatic ring is 1. The van der Waals surface area contributed by atoms with Crippen LogP contribution in [0.15, 0.2) is 18.2 Å². The van der Waals surface area contributed by atoms with Crippen molar-refractivity contribution in [2.45, 2.75) is 32.9 Å². The first kappa shape index (κ1) is 17.3. The Kier molecular flexibility index (Phi) is 6.02. The third kappa shape index (κ3) is 4.35. The van der Waals surface area contributed by atoms with E-state index in [1.165, 1.54) is 12.1 Å². The lowest BCUT2D eigenvalue weighted by Crippen LogP contribution is -2.30. The van der Waals surface area contributed by atoms with Gasteiger partial charge in [-0.05, 0) is 18.1 Å². The fraction of sp³-hybridized carbons (Fsp3) is 0.500. The van der Waals surface area contributed by atoms with E-state index < -0.39 is 23.3 Å². The molecule has 1 rings (SSSR count). The first-order valence-electron chi connectivity index (χ1n) is 6.80. The van der Waals surface area contributed by atoms with Gasteiger partial charge in [0, 0.05) is 6.54 Å². The predicted molar refractivity (Wildman–Crippen MR) is 75.7 cm³/mol. The predicted octanol–water partition coefficient (Wildman–Crippen LogP) is 3.16. The van der Waals surface area contributed by atoms with Gasteiger partial charge in [-0.25, -0.2) is 0 Å². The number of rotatable bonds is 6. The Hall–Kier alpha value is -1.76. The van der Waals surface area contributed by atoms with Crippen LogP contribution >= 0.6 is 0 Å². The lowest BCUT2D eigenvalue weighted by atomic mass is 10.0. The number of amides is 1. The Morgan fingerprint density at radius 2 is 1.90 bits per heavy atom. The Morgan fingerprint density at radius 3 is 2.38 bits per heavy atom. The molecular weight excluding hydrogens is 283 g/mol. The quantitative estimate of drug-likeness (QED) is 0.558. The molecule has 0 spiro atoms. The molecule has 118 valence electrons. The highest BCUT2D eigenvalue weighted by molar-refractivity contribution is 6.00. The summed E-state index contributed by atoms with van der Waals surface area (Å²) in [6.45, 7) is 4.42. The number of alkyl halides is 3. The summed E-state index contributed by atoms with van der Waals surface area (Å²) < 4.78 is 38.6. The average molecular weight is 303 g/mol. The van der Waals surface area contributed by atoms with Gasteiger partial charge in [-0.15, -0.1) is 0 Å². The Balaban J connectivity index is 3.00. The van der Waals surface area contributed by atoms with Crippen molar-refractivity contribution in [1.29, 1.82) is 0 Å². The maximum atomic E-state index is 12.9. The maximum Gasteiger partial charge on any atom is 0.418 e. The topological polar surface area (TPSA) is 67.2 Å². The van der Waals surface area contributed by atoms with Crippen LogP contribution in [0.25, 0.3) is 0 Å². The monoisotopic (exact) mass is 303 g/mol. The van der Waals surface area contributed by atoms with E-state index in [1.54, 1.807) is 0 Å². The molecule has 1 aromatic rings. The summed E-state index contributed by atoms with van der Waals surface area (Å²) in [7, 11) is 0. The maximum absolute atomic E-state index is 12.9. The number of hydrogen-bond donors (Lipinski definition) is 3. The molecule has 0 saturated heterocycles. The molecule has 0 aliphatic heterocycles. The standard InChI is InChI=1S/C14H20F3N3O/c1-3-9(4-2)8-19-13(21)10-6-5-7-11(12(10)20-18)14(15,16)17/h5-7,9,20H,3-4,8,18H2,1-2H3,(H,19,21). The molecule has 1 aromatic carbocycles. The van der Waals surface area contributed by atoms with Crippen LogP contribution in [-0.4, -0.2) is 12.5 Å². The molecule has 0 saturated carbocycles. The summed E-state index contributed by atoms with van der Waals surface area (Å²) in [6.07, 6.45) is -2.80. The number of nitrogens with one attached hydrogen (secondary N) is 2. The van der Waals surface area contributed by atoms with E-state index in [2.05, 4.69) is 5.32 Å². The molecule has 0 fully saturated rings. The first-order valence-corrected chi connectivity index (χ1v) is 6.80. The van der Waals surface area contributed by atoms with Crippen LogP contribution in [0, 0.1) is 5.92 Å². The number of para-hydroxylation sites is 1. The second-order valence-electron chi connectivity index (χ2n) is 4.76. The van der Waals surface area contributed by atoms with Gasteiger partial charge in [0.05, 0.1) is 16.8 Å². The van der Waals surface area contributed by atoms with Crippen LogP contribution in [0.4, 0.5) is 18.9 Å². The fourth-order valence-corrected chi connectivity index (χ4v) is 2.04. The van der Waals surface area contributed by atoms with Crippen molar-refractivity contribution in [3.05, 3.63) is 29.3 Å². The molecular formula is C14H20F3N3O. The van der Waals surface area contributed by atoms with E-state index in [-0.39, 0.29) is 5.56 Å². The second-order valence-corrected chi connectivity index (χ2v) is 4.76. The smallest absolute Gasteiger partial charge is 0.352 e. The zero-order chi connectivity index (χ0) is 16.0. The second kappa shape index (κ2) is 7.31. The summed E-state index contributed by atoms with van der Waals surface area (Å²) in [5.74, 6) is 4.90. The Labute approximate surface area is 121 Å². The van der Waals surface area contributed by atoms with E-state index in [4.69, 9.17) is 5.84 Å². The summed E-state index contributed by atoms with van der Waals surface area (Å²) in [6, 6.07) is 3.38. The zero-order valence-electron chi connectivity index (χ0n) is 12.1. The summed E-state index contributed by atoms with van der Waals surface area (Å²) in [5.41, 5.74) is 0.505. The minimum absolute atomic E-state index is 0.113. The highest BCUT2D eigenvalue weighted by atomic mass is 19.4. The number of hydrazine groups is 1. The first-order chi connectivity index (χ1) is 9.85. The zero-order valence-corrected chi connectivity index (χ0v) is 12.1. The molecule has 1 amide bonds. The van der Waals surface area contributed by atoms with Gasteiger partial charge in [0.15, 0.2) is 0 Å². The van der Waals surface area contributed by atoms with Crippen molar-refractivity contribution < 1.29 is 18.0 Å². The molecule has 0 aromatic heterocycles. The molecule has 0 bridgehead atoms. The van der Waals surface area contributed by atoms with E-state index in [1.807, 2.05) is 19.3 Å². The lowest BCUT2D eigenvalue weighted by molar-refractivity contribution is -0.137. The lowest BCUT2D eigenvalue weighted by Gasteiger charge is -2.17.